The number of hydrogen-bond donors (Lipinski definition) is 1. The third-order valence-electron chi connectivity index (χ3n) is 4.03. The molecule has 2 atom stereocenters. The second-order valence-corrected chi connectivity index (χ2v) is 5.80. The van der Waals surface area contributed by atoms with Crippen molar-refractivity contribution in [1.82, 2.24) is 15.0 Å². The van der Waals surface area contributed by atoms with E-state index >= 15 is 0 Å². The Morgan fingerprint density at radius 3 is 3.17 bits per heavy atom. The molecule has 1 N–H and O–H groups in total. The van der Waals surface area contributed by atoms with Crippen molar-refractivity contribution in [3.63, 3.8) is 0 Å². The minimum Gasteiger partial charge on any atom is -0.467 e. The van der Waals surface area contributed by atoms with Gasteiger partial charge in [0.1, 0.15) is 12.4 Å². The maximum absolute atomic E-state index is 10.2. The molecule has 1 aliphatic rings. The van der Waals surface area contributed by atoms with Crippen LogP contribution in [-0.4, -0.2) is 45.9 Å². The third-order valence-corrected chi connectivity index (χ3v) is 4.03. The zero-order chi connectivity index (χ0) is 16.1. The van der Waals surface area contributed by atoms with Gasteiger partial charge in [0.2, 0.25) is 5.89 Å². The van der Waals surface area contributed by atoms with Crippen molar-refractivity contribution in [2.24, 2.45) is 0 Å². The van der Waals surface area contributed by atoms with Crippen LogP contribution in [0.25, 0.3) is 0 Å². The summed E-state index contributed by atoms with van der Waals surface area (Å²) in [5.41, 5.74) is 0. The summed E-state index contributed by atoms with van der Waals surface area (Å²) in [7, 11) is 0. The van der Waals surface area contributed by atoms with E-state index in [9.17, 15) is 5.11 Å². The van der Waals surface area contributed by atoms with Gasteiger partial charge in [-0.05, 0) is 31.5 Å². The van der Waals surface area contributed by atoms with Gasteiger partial charge in [0.25, 0.3) is 0 Å². The number of aryl methyl sites for hydroxylation is 1. The Labute approximate surface area is 135 Å². The maximum Gasteiger partial charge on any atom is 0.226 e. The van der Waals surface area contributed by atoms with Crippen molar-refractivity contribution < 1.29 is 18.8 Å². The number of aliphatic hydroxyl groups is 1. The van der Waals surface area contributed by atoms with Crippen LogP contribution in [0.5, 0.6) is 0 Å². The Balaban J connectivity index is 1.47. The molecular weight excluding hydrogens is 298 g/mol. The van der Waals surface area contributed by atoms with Crippen LogP contribution in [0.4, 0.5) is 0 Å². The standard InChI is InChI=1S/C16H23N3O4/c1-2-15-17-16(18-23-15)14-6-3-7-19(14)9-12(20)10-21-11-13-5-4-8-22-13/h4-5,8,12,14,20H,2-3,6-7,9-11H2,1H3/t12-,14-/m1/s1. The Hall–Kier alpha value is -1.70. The van der Waals surface area contributed by atoms with Crippen molar-refractivity contribution in [1.29, 1.82) is 0 Å². The second kappa shape index (κ2) is 7.72. The number of nitrogens with zero attached hydrogens (tertiary/aromatic N) is 3. The summed E-state index contributed by atoms with van der Waals surface area (Å²) in [5.74, 6) is 2.15. The lowest BCUT2D eigenvalue weighted by Gasteiger charge is -2.24. The number of rotatable bonds is 8. The van der Waals surface area contributed by atoms with Gasteiger partial charge in [-0.15, -0.1) is 0 Å². The van der Waals surface area contributed by atoms with Crippen molar-refractivity contribution in [2.75, 3.05) is 19.7 Å². The number of β-amino-alcohol motifs (C(OH)–C–C–N with tert-alkyl or cyclic N) is 1. The summed E-state index contributed by atoms with van der Waals surface area (Å²) in [4.78, 5) is 6.62. The number of ether oxygens (including phenoxy) is 1. The van der Waals surface area contributed by atoms with E-state index in [0.29, 0.717) is 19.0 Å². The van der Waals surface area contributed by atoms with Crippen LogP contribution in [0.1, 0.15) is 43.3 Å². The first-order valence-corrected chi connectivity index (χ1v) is 8.11. The van der Waals surface area contributed by atoms with E-state index < -0.39 is 6.10 Å². The maximum atomic E-state index is 10.2. The summed E-state index contributed by atoms with van der Waals surface area (Å²) in [6.45, 7) is 4.10. The van der Waals surface area contributed by atoms with Crippen molar-refractivity contribution in [2.45, 2.75) is 44.9 Å². The van der Waals surface area contributed by atoms with E-state index in [4.69, 9.17) is 13.7 Å². The normalized spacial score (nSPS) is 20.2. The minimum absolute atomic E-state index is 0.124. The third kappa shape index (κ3) is 4.19. The molecule has 0 spiro atoms. The van der Waals surface area contributed by atoms with Crippen LogP contribution in [0.15, 0.2) is 27.3 Å². The average Bonchev–Trinajstić information content (AvgIpc) is 3.28. The van der Waals surface area contributed by atoms with Crippen LogP contribution in [-0.2, 0) is 17.8 Å². The molecule has 2 aromatic heterocycles. The van der Waals surface area contributed by atoms with Gasteiger partial charge in [0.15, 0.2) is 5.82 Å². The molecule has 3 heterocycles. The first-order valence-electron chi connectivity index (χ1n) is 8.11. The zero-order valence-corrected chi connectivity index (χ0v) is 13.4. The highest BCUT2D eigenvalue weighted by atomic mass is 16.5. The molecule has 1 fully saturated rings. The lowest BCUT2D eigenvalue weighted by Crippen LogP contribution is -2.35. The topological polar surface area (TPSA) is 84.8 Å². The molecule has 126 valence electrons. The highest BCUT2D eigenvalue weighted by Crippen LogP contribution is 2.30. The Morgan fingerprint density at radius 2 is 2.43 bits per heavy atom. The molecule has 2 aromatic rings. The molecule has 7 nitrogen and oxygen atoms in total. The van der Waals surface area contributed by atoms with Crippen LogP contribution < -0.4 is 0 Å². The Kier molecular flexibility index (Phi) is 5.43. The van der Waals surface area contributed by atoms with E-state index in [2.05, 4.69) is 15.0 Å². The van der Waals surface area contributed by atoms with E-state index in [0.717, 1.165) is 37.4 Å². The van der Waals surface area contributed by atoms with Gasteiger partial charge in [0, 0.05) is 13.0 Å². The molecule has 23 heavy (non-hydrogen) atoms. The van der Waals surface area contributed by atoms with E-state index in [1.807, 2.05) is 19.1 Å². The Bertz CT molecular complexity index is 584. The van der Waals surface area contributed by atoms with Gasteiger partial charge >= 0.3 is 0 Å². The quantitative estimate of drug-likeness (QED) is 0.795. The number of furan rings is 1. The van der Waals surface area contributed by atoms with Crippen LogP contribution in [0, 0.1) is 0 Å². The number of likely N-dealkylation sites (tertiary alicyclic amines) is 1. The number of aromatic nitrogens is 2. The van der Waals surface area contributed by atoms with Crippen LogP contribution >= 0.6 is 0 Å². The highest BCUT2D eigenvalue weighted by Gasteiger charge is 2.31. The predicted molar refractivity (Wildman–Crippen MR) is 81.6 cm³/mol. The van der Waals surface area contributed by atoms with Gasteiger partial charge in [0.05, 0.1) is 25.0 Å². The largest absolute Gasteiger partial charge is 0.467 e. The number of hydrogen-bond acceptors (Lipinski definition) is 7. The first-order chi connectivity index (χ1) is 11.3. The lowest BCUT2D eigenvalue weighted by molar-refractivity contribution is 0.00252. The highest BCUT2D eigenvalue weighted by molar-refractivity contribution is 4.99. The summed E-state index contributed by atoms with van der Waals surface area (Å²) < 4.78 is 15.9. The van der Waals surface area contributed by atoms with E-state index in [-0.39, 0.29) is 12.6 Å². The molecule has 0 aliphatic carbocycles. The molecule has 0 unspecified atom stereocenters. The average molecular weight is 321 g/mol. The van der Waals surface area contributed by atoms with Crippen LogP contribution in [0.3, 0.4) is 0 Å². The molecule has 0 radical (unpaired) electrons. The molecule has 0 saturated carbocycles. The van der Waals surface area contributed by atoms with Crippen LogP contribution in [0.2, 0.25) is 0 Å². The molecule has 7 heteroatoms. The molecule has 3 rings (SSSR count). The summed E-state index contributed by atoms with van der Waals surface area (Å²) in [6, 6.07) is 3.79. The van der Waals surface area contributed by atoms with E-state index in [1.54, 1.807) is 6.26 Å². The molecular formula is C16H23N3O4. The zero-order valence-electron chi connectivity index (χ0n) is 13.4. The SMILES string of the molecule is CCc1nc([C@H]2CCCN2C[C@@H](O)COCc2ccco2)no1. The summed E-state index contributed by atoms with van der Waals surface area (Å²) in [6.07, 6.45) is 3.86. The smallest absolute Gasteiger partial charge is 0.226 e. The molecule has 0 bridgehead atoms. The fourth-order valence-electron chi connectivity index (χ4n) is 2.90. The van der Waals surface area contributed by atoms with Gasteiger partial charge in [-0.2, -0.15) is 4.98 Å². The first kappa shape index (κ1) is 16.2. The summed E-state index contributed by atoms with van der Waals surface area (Å²) >= 11 is 0. The minimum atomic E-state index is -0.553. The van der Waals surface area contributed by atoms with Gasteiger partial charge in [-0.25, -0.2) is 0 Å². The summed E-state index contributed by atoms with van der Waals surface area (Å²) in [5, 5.41) is 14.3. The van der Waals surface area contributed by atoms with Gasteiger partial charge in [-0.1, -0.05) is 12.1 Å². The Morgan fingerprint density at radius 1 is 1.52 bits per heavy atom. The molecule has 1 aliphatic heterocycles. The molecule has 0 aromatic carbocycles. The van der Waals surface area contributed by atoms with Gasteiger partial charge in [-0.3, -0.25) is 4.90 Å². The second-order valence-electron chi connectivity index (χ2n) is 5.80. The fourth-order valence-corrected chi connectivity index (χ4v) is 2.90. The molecule has 0 amide bonds. The molecule has 1 saturated heterocycles. The van der Waals surface area contributed by atoms with E-state index in [1.165, 1.54) is 0 Å². The monoisotopic (exact) mass is 321 g/mol. The number of aliphatic hydroxyl groups excluding tert-OH is 1. The van der Waals surface area contributed by atoms with Crippen molar-refractivity contribution in [3.05, 3.63) is 35.9 Å². The van der Waals surface area contributed by atoms with Crippen molar-refractivity contribution in [3.8, 4) is 0 Å². The fraction of sp³-hybridized carbons (Fsp3) is 0.625. The van der Waals surface area contributed by atoms with Crippen molar-refractivity contribution >= 4 is 0 Å². The predicted octanol–water partition coefficient (Wildman–Crippen LogP) is 1.94. The van der Waals surface area contributed by atoms with Gasteiger partial charge < -0.3 is 18.8 Å². The lowest BCUT2D eigenvalue weighted by atomic mass is 10.2.